The van der Waals surface area contributed by atoms with E-state index in [4.69, 9.17) is 5.73 Å². The van der Waals surface area contributed by atoms with Crippen LogP contribution < -0.4 is 5.73 Å². The molecule has 0 bridgehead atoms. The molecule has 0 heterocycles. The third-order valence-corrected chi connectivity index (χ3v) is 2.69. The lowest BCUT2D eigenvalue weighted by Crippen LogP contribution is -2.54. The molecule has 0 amide bonds. The van der Waals surface area contributed by atoms with Crippen LogP contribution >= 0.6 is 0 Å². The van der Waals surface area contributed by atoms with E-state index in [1.54, 1.807) is 0 Å². The Kier molecular flexibility index (Phi) is 3.50. The van der Waals surface area contributed by atoms with Crippen molar-refractivity contribution in [3.8, 4) is 0 Å². The quantitative estimate of drug-likeness (QED) is 0.792. The molecule has 6 heteroatoms. The molecule has 0 aliphatic heterocycles. The Bertz CT molecular complexity index is 416. The number of hydrogen-bond donors (Lipinski definition) is 2. The predicted octanol–water partition coefficient (Wildman–Crippen LogP) is 2.23. The minimum absolute atomic E-state index is 0.0193. The van der Waals surface area contributed by atoms with Gasteiger partial charge in [-0.25, -0.2) is 4.39 Å². The van der Waals surface area contributed by atoms with Crippen molar-refractivity contribution in [1.82, 2.24) is 0 Å². The van der Waals surface area contributed by atoms with Gasteiger partial charge in [-0.1, -0.05) is 6.07 Å². The minimum atomic E-state index is -4.93. The van der Waals surface area contributed by atoms with Gasteiger partial charge in [-0.3, -0.25) is 0 Å². The van der Waals surface area contributed by atoms with E-state index in [2.05, 4.69) is 0 Å². The lowest BCUT2D eigenvalue weighted by molar-refractivity contribution is -0.272. The number of alkyl halides is 3. The summed E-state index contributed by atoms with van der Waals surface area (Å²) in [6, 6.07) is 1.15. The lowest BCUT2D eigenvalue weighted by Gasteiger charge is -2.34. The Balaban J connectivity index is 3.39. The molecule has 0 saturated heterocycles. The van der Waals surface area contributed by atoms with Gasteiger partial charge < -0.3 is 10.8 Å². The number of benzene rings is 1. The fourth-order valence-corrected chi connectivity index (χ4v) is 1.57. The molecular formula is C11H13F4NO. The molecule has 0 saturated carbocycles. The molecule has 1 aromatic carbocycles. The van der Waals surface area contributed by atoms with Crippen molar-refractivity contribution in [1.29, 1.82) is 0 Å². The van der Waals surface area contributed by atoms with E-state index in [9.17, 15) is 22.7 Å². The van der Waals surface area contributed by atoms with E-state index in [-0.39, 0.29) is 5.56 Å². The van der Waals surface area contributed by atoms with E-state index in [0.29, 0.717) is 0 Å². The lowest BCUT2D eigenvalue weighted by atomic mass is 9.86. The molecule has 0 radical (unpaired) electrons. The number of hydrogen-bond acceptors (Lipinski definition) is 2. The normalized spacial score (nSPS) is 17.6. The maximum atomic E-state index is 13.0. The second kappa shape index (κ2) is 4.27. The molecule has 0 aromatic heterocycles. The van der Waals surface area contributed by atoms with E-state index in [1.807, 2.05) is 0 Å². The van der Waals surface area contributed by atoms with Crippen LogP contribution in [0, 0.1) is 12.7 Å². The summed E-state index contributed by atoms with van der Waals surface area (Å²) in [5, 5.41) is 9.74. The first-order chi connectivity index (χ1) is 7.60. The van der Waals surface area contributed by atoms with Crippen LogP contribution in [-0.4, -0.2) is 17.3 Å². The Morgan fingerprint density at radius 1 is 1.29 bits per heavy atom. The van der Waals surface area contributed by atoms with E-state index < -0.39 is 29.2 Å². The zero-order chi connectivity index (χ0) is 13.4. The number of aryl methyl sites for hydroxylation is 1. The zero-order valence-electron chi connectivity index (χ0n) is 9.35. The largest absolute Gasteiger partial charge is 0.422 e. The summed E-state index contributed by atoms with van der Waals surface area (Å²) in [5.41, 5.74) is 1.60. The standard InChI is InChI=1S/C11H13F4NO/c1-6-5-8(3-4-9(6)12)10(17,7(2)16)11(13,14)15/h3-5,7,17H,16H2,1-2H3. The zero-order valence-corrected chi connectivity index (χ0v) is 9.35. The third kappa shape index (κ3) is 2.28. The maximum absolute atomic E-state index is 13.0. The van der Waals surface area contributed by atoms with Crippen molar-refractivity contribution in [2.24, 2.45) is 5.73 Å². The van der Waals surface area contributed by atoms with Gasteiger partial charge in [0.1, 0.15) is 5.82 Å². The molecule has 1 rings (SSSR count). The Morgan fingerprint density at radius 3 is 2.18 bits per heavy atom. The van der Waals surface area contributed by atoms with Crippen molar-refractivity contribution >= 4 is 0 Å². The highest BCUT2D eigenvalue weighted by molar-refractivity contribution is 5.31. The molecule has 0 aliphatic rings. The molecule has 2 atom stereocenters. The molecule has 2 nitrogen and oxygen atoms in total. The molecule has 3 N–H and O–H groups in total. The van der Waals surface area contributed by atoms with Crippen molar-refractivity contribution < 1.29 is 22.7 Å². The first kappa shape index (κ1) is 13.9. The molecule has 0 aliphatic carbocycles. The first-order valence-corrected chi connectivity index (χ1v) is 4.92. The third-order valence-electron chi connectivity index (χ3n) is 2.69. The van der Waals surface area contributed by atoms with Gasteiger partial charge in [-0.2, -0.15) is 13.2 Å². The number of aliphatic hydroxyl groups is 1. The van der Waals surface area contributed by atoms with Crippen LogP contribution in [0.1, 0.15) is 18.1 Å². The molecule has 0 fully saturated rings. The van der Waals surface area contributed by atoms with Crippen molar-refractivity contribution in [3.05, 3.63) is 35.1 Å². The summed E-state index contributed by atoms with van der Waals surface area (Å²) in [5.74, 6) is -0.636. The molecule has 17 heavy (non-hydrogen) atoms. The van der Waals surface area contributed by atoms with E-state index in [0.717, 1.165) is 25.1 Å². The molecule has 1 aromatic rings. The van der Waals surface area contributed by atoms with E-state index in [1.165, 1.54) is 6.92 Å². The second-order valence-electron chi connectivity index (χ2n) is 4.02. The summed E-state index contributed by atoms with van der Waals surface area (Å²) in [4.78, 5) is 0. The Morgan fingerprint density at radius 2 is 1.82 bits per heavy atom. The summed E-state index contributed by atoms with van der Waals surface area (Å²) < 4.78 is 51.5. The predicted molar refractivity (Wildman–Crippen MR) is 54.7 cm³/mol. The summed E-state index contributed by atoms with van der Waals surface area (Å²) in [6.45, 7) is 2.36. The van der Waals surface area contributed by atoms with Crippen molar-refractivity contribution in [3.63, 3.8) is 0 Å². The van der Waals surface area contributed by atoms with Gasteiger partial charge in [-0.15, -0.1) is 0 Å². The van der Waals surface area contributed by atoms with Gasteiger partial charge in [0.2, 0.25) is 5.60 Å². The van der Waals surface area contributed by atoms with Gasteiger partial charge in [0.15, 0.2) is 0 Å². The Hall–Kier alpha value is -1.14. The summed E-state index contributed by atoms with van der Waals surface area (Å²) in [6.07, 6.45) is -4.93. The minimum Gasteiger partial charge on any atom is -0.375 e. The van der Waals surface area contributed by atoms with E-state index >= 15 is 0 Å². The highest BCUT2D eigenvalue weighted by Gasteiger charge is 2.57. The maximum Gasteiger partial charge on any atom is 0.422 e. The number of rotatable bonds is 2. The van der Waals surface area contributed by atoms with Crippen molar-refractivity contribution in [2.75, 3.05) is 0 Å². The number of halogens is 4. The molecular weight excluding hydrogens is 238 g/mol. The highest BCUT2D eigenvalue weighted by atomic mass is 19.4. The van der Waals surface area contributed by atoms with Gasteiger partial charge in [0.05, 0.1) is 0 Å². The topological polar surface area (TPSA) is 46.2 Å². The van der Waals surface area contributed by atoms with Crippen LogP contribution in [0.25, 0.3) is 0 Å². The van der Waals surface area contributed by atoms with Crippen LogP contribution in [0.15, 0.2) is 18.2 Å². The Labute approximate surface area is 96.1 Å². The van der Waals surface area contributed by atoms with Gasteiger partial charge in [0.25, 0.3) is 0 Å². The fraction of sp³-hybridized carbons (Fsp3) is 0.455. The summed E-state index contributed by atoms with van der Waals surface area (Å²) >= 11 is 0. The molecule has 96 valence electrons. The molecule has 2 unspecified atom stereocenters. The smallest absolute Gasteiger partial charge is 0.375 e. The van der Waals surface area contributed by atoms with Gasteiger partial charge in [-0.05, 0) is 37.1 Å². The SMILES string of the molecule is Cc1cc(C(O)(C(C)N)C(F)(F)F)ccc1F. The van der Waals surface area contributed by atoms with Gasteiger partial charge >= 0.3 is 6.18 Å². The van der Waals surface area contributed by atoms with Crippen LogP contribution in [0.3, 0.4) is 0 Å². The monoisotopic (exact) mass is 251 g/mol. The van der Waals surface area contributed by atoms with Gasteiger partial charge in [0, 0.05) is 6.04 Å². The van der Waals surface area contributed by atoms with Crippen LogP contribution in [0.4, 0.5) is 17.6 Å². The van der Waals surface area contributed by atoms with Crippen LogP contribution in [0.5, 0.6) is 0 Å². The van der Waals surface area contributed by atoms with Crippen LogP contribution in [0.2, 0.25) is 0 Å². The second-order valence-corrected chi connectivity index (χ2v) is 4.02. The number of nitrogens with two attached hydrogens (primary N) is 1. The van der Waals surface area contributed by atoms with Crippen molar-refractivity contribution in [2.45, 2.75) is 31.7 Å². The average Bonchev–Trinajstić information content (AvgIpc) is 2.19. The van der Waals surface area contributed by atoms with Crippen LogP contribution in [-0.2, 0) is 5.60 Å². The highest BCUT2D eigenvalue weighted by Crippen LogP contribution is 2.41. The summed E-state index contributed by atoms with van der Waals surface area (Å²) in [7, 11) is 0. The first-order valence-electron chi connectivity index (χ1n) is 4.92. The average molecular weight is 251 g/mol. The molecule has 0 spiro atoms. The fourth-order valence-electron chi connectivity index (χ4n) is 1.57.